The van der Waals surface area contributed by atoms with Crippen molar-refractivity contribution in [3.8, 4) is 5.75 Å². The Morgan fingerprint density at radius 1 is 1.13 bits per heavy atom. The van der Waals surface area contributed by atoms with Gasteiger partial charge in [-0.2, -0.15) is 0 Å². The fourth-order valence-corrected chi connectivity index (χ4v) is 3.53. The number of hydrogen-bond donors (Lipinski definition) is 1. The first-order valence-electron chi connectivity index (χ1n) is 9.72. The minimum atomic E-state index is -0.698. The molecule has 0 radical (unpaired) electrons. The number of carbonyl (C=O) groups is 2. The molecule has 0 bridgehead atoms. The highest BCUT2D eigenvalue weighted by atomic mass is 35.5. The zero-order chi connectivity index (χ0) is 22.5. The third kappa shape index (κ3) is 6.13. The van der Waals surface area contributed by atoms with Crippen LogP contribution in [0.25, 0.3) is 0 Å². The van der Waals surface area contributed by atoms with Gasteiger partial charge in [0.25, 0.3) is 5.91 Å². The first kappa shape index (κ1) is 24.0. The van der Waals surface area contributed by atoms with Crippen molar-refractivity contribution in [1.82, 2.24) is 10.2 Å². The molecule has 7 heteroatoms. The number of benzene rings is 2. The van der Waals surface area contributed by atoms with Crippen molar-refractivity contribution in [3.63, 3.8) is 0 Å². The van der Waals surface area contributed by atoms with Gasteiger partial charge in [0.05, 0.1) is 0 Å². The van der Waals surface area contributed by atoms with Crippen LogP contribution in [0.3, 0.4) is 0 Å². The maximum atomic E-state index is 13.1. The van der Waals surface area contributed by atoms with Crippen molar-refractivity contribution in [2.75, 3.05) is 13.7 Å². The summed E-state index contributed by atoms with van der Waals surface area (Å²) in [6.07, 6.45) is 0. The number of nitrogens with zero attached hydrogens (tertiary/aromatic N) is 1. The van der Waals surface area contributed by atoms with Crippen LogP contribution in [0.2, 0.25) is 10.0 Å². The minimum absolute atomic E-state index is 0.133. The lowest BCUT2D eigenvalue weighted by molar-refractivity contribution is -0.142. The van der Waals surface area contributed by atoms with Gasteiger partial charge in [-0.3, -0.25) is 9.59 Å². The summed E-state index contributed by atoms with van der Waals surface area (Å²) < 4.78 is 5.88. The van der Waals surface area contributed by atoms with Crippen LogP contribution < -0.4 is 10.1 Å². The van der Waals surface area contributed by atoms with Gasteiger partial charge < -0.3 is 15.0 Å². The lowest BCUT2D eigenvalue weighted by Crippen LogP contribution is -2.48. The molecule has 0 aromatic heterocycles. The molecule has 0 fully saturated rings. The van der Waals surface area contributed by atoms with E-state index in [1.165, 1.54) is 11.9 Å². The summed E-state index contributed by atoms with van der Waals surface area (Å²) >= 11 is 12.3. The summed E-state index contributed by atoms with van der Waals surface area (Å²) in [7, 11) is 1.53. The molecule has 2 aromatic carbocycles. The molecule has 1 atom stereocenters. The molecule has 2 amide bonds. The van der Waals surface area contributed by atoms with Crippen LogP contribution in [0.15, 0.2) is 42.5 Å². The van der Waals surface area contributed by atoms with Gasteiger partial charge in [-0.1, -0.05) is 68.2 Å². The lowest BCUT2D eigenvalue weighted by Gasteiger charge is -2.29. The summed E-state index contributed by atoms with van der Waals surface area (Å²) in [5.74, 6) is 0.0554. The van der Waals surface area contributed by atoms with Gasteiger partial charge in [-0.05, 0) is 41.7 Å². The van der Waals surface area contributed by atoms with E-state index >= 15 is 0 Å². The van der Waals surface area contributed by atoms with Crippen LogP contribution in [0.5, 0.6) is 5.75 Å². The quantitative estimate of drug-likeness (QED) is 0.656. The van der Waals surface area contributed by atoms with Crippen LogP contribution in [0.4, 0.5) is 0 Å². The monoisotopic (exact) mass is 450 g/mol. The number of nitrogens with one attached hydrogen (secondary N) is 1. The van der Waals surface area contributed by atoms with Gasteiger partial charge in [-0.25, -0.2) is 0 Å². The van der Waals surface area contributed by atoms with Crippen LogP contribution in [0.1, 0.15) is 38.8 Å². The van der Waals surface area contributed by atoms with Gasteiger partial charge in [0.2, 0.25) is 5.91 Å². The highest BCUT2D eigenvalue weighted by Crippen LogP contribution is 2.31. The van der Waals surface area contributed by atoms with Gasteiger partial charge in [0.1, 0.15) is 11.8 Å². The number of halogens is 2. The minimum Gasteiger partial charge on any atom is -0.483 e. The zero-order valence-corrected chi connectivity index (χ0v) is 19.5. The van der Waals surface area contributed by atoms with E-state index in [2.05, 4.69) is 26.1 Å². The fraction of sp³-hybridized carbons (Fsp3) is 0.391. The third-order valence-corrected chi connectivity index (χ3v) is 5.40. The summed E-state index contributed by atoms with van der Waals surface area (Å²) in [6.45, 7) is 7.88. The molecule has 2 rings (SSSR count). The van der Waals surface area contributed by atoms with E-state index in [0.717, 1.165) is 5.56 Å². The Labute approximate surface area is 188 Å². The molecular weight excluding hydrogens is 423 g/mol. The second-order valence-corrected chi connectivity index (χ2v) is 8.93. The summed E-state index contributed by atoms with van der Waals surface area (Å²) in [5.41, 5.74) is 1.57. The normalized spacial score (nSPS) is 12.2. The Kier molecular flexibility index (Phi) is 8.16. The average Bonchev–Trinajstić information content (AvgIpc) is 2.70. The molecule has 0 aliphatic rings. The van der Waals surface area contributed by atoms with Crippen molar-refractivity contribution < 1.29 is 14.3 Å². The number of hydrogen-bond acceptors (Lipinski definition) is 3. The Morgan fingerprint density at radius 3 is 2.40 bits per heavy atom. The number of amides is 2. The molecule has 0 saturated heterocycles. The number of ether oxygens (including phenoxy) is 1. The molecule has 5 nitrogen and oxygen atoms in total. The topological polar surface area (TPSA) is 58.6 Å². The maximum absolute atomic E-state index is 13.1. The van der Waals surface area contributed by atoms with Gasteiger partial charge in [-0.15, -0.1) is 0 Å². The second kappa shape index (κ2) is 10.2. The van der Waals surface area contributed by atoms with Crippen molar-refractivity contribution in [1.29, 1.82) is 0 Å². The Balaban J connectivity index is 2.24. The number of carbonyl (C=O) groups excluding carboxylic acids is 2. The predicted octanol–water partition coefficient (Wildman–Crippen LogP) is 4.83. The zero-order valence-electron chi connectivity index (χ0n) is 18.0. The van der Waals surface area contributed by atoms with Crippen LogP contribution in [-0.2, 0) is 21.5 Å². The van der Waals surface area contributed by atoms with E-state index < -0.39 is 6.04 Å². The maximum Gasteiger partial charge on any atom is 0.261 e. The molecule has 30 heavy (non-hydrogen) atoms. The Morgan fingerprint density at radius 2 is 1.80 bits per heavy atom. The average molecular weight is 451 g/mol. The Bertz CT molecular complexity index is 910. The Hall–Kier alpha value is -2.24. The SMILES string of the molecule is CNC(=O)C(C)N(Cc1ccc(Cl)cc1Cl)C(=O)COc1ccccc1C(C)(C)C. The number of rotatable bonds is 7. The van der Waals surface area contributed by atoms with E-state index in [4.69, 9.17) is 27.9 Å². The predicted molar refractivity (Wildman–Crippen MR) is 121 cm³/mol. The van der Waals surface area contributed by atoms with Crippen molar-refractivity contribution in [2.24, 2.45) is 0 Å². The largest absolute Gasteiger partial charge is 0.483 e. The smallest absolute Gasteiger partial charge is 0.261 e. The van der Waals surface area contributed by atoms with E-state index in [1.807, 2.05) is 24.3 Å². The fourth-order valence-electron chi connectivity index (χ4n) is 3.06. The van der Waals surface area contributed by atoms with E-state index in [0.29, 0.717) is 21.4 Å². The van der Waals surface area contributed by atoms with Gasteiger partial charge in [0.15, 0.2) is 6.61 Å². The lowest BCUT2D eigenvalue weighted by atomic mass is 9.86. The number of para-hydroxylation sites is 1. The van der Waals surface area contributed by atoms with Crippen molar-refractivity contribution in [3.05, 3.63) is 63.6 Å². The summed E-state index contributed by atoms with van der Waals surface area (Å²) in [6, 6.07) is 12.0. The molecule has 0 aliphatic carbocycles. The first-order valence-corrected chi connectivity index (χ1v) is 10.5. The van der Waals surface area contributed by atoms with Crippen LogP contribution in [0, 0.1) is 0 Å². The molecule has 1 unspecified atom stereocenters. The highest BCUT2D eigenvalue weighted by Gasteiger charge is 2.27. The van der Waals surface area contributed by atoms with E-state index in [1.54, 1.807) is 25.1 Å². The van der Waals surface area contributed by atoms with Crippen LogP contribution >= 0.6 is 23.2 Å². The van der Waals surface area contributed by atoms with Crippen molar-refractivity contribution in [2.45, 2.75) is 45.7 Å². The molecule has 1 N–H and O–H groups in total. The highest BCUT2D eigenvalue weighted by molar-refractivity contribution is 6.35. The standard InChI is InChI=1S/C23H28Cl2N2O3/c1-15(22(29)26-5)27(13-16-10-11-17(24)12-19(16)25)21(28)14-30-20-9-7-6-8-18(20)23(2,3)4/h6-12,15H,13-14H2,1-5H3,(H,26,29). The second-order valence-electron chi connectivity index (χ2n) is 8.08. The molecule has 0 saturated carbocycles. The summed E-state index contributed by atoms with van der Waals surface area (Å²) in [4.78, 5) is 26.8. The molecule has 162 valence electrons. The first-order chi connectivity index (χ1) is 14.0. The van der Waals surface area contributed by atoms with E-state index in [-0.39, 0.29) is 30.4 Å². The number of likely N-dealkylation sites (N-methyl/N-ethyl adjacent to an activating group) is 1. The van der Waals surface area contributed by atoms with Crippen LogP contribution in [-0.4, -0.2) is 36.4 Å². The molecule has 0 spiro atoms. The molecule has 0 aliphatic heterocycles. The van der Waals surface area contributed by atoms with Gasteiger partial charge >= 0.3 is 0 Å². The summed E-state index contributed by atoms with van der Waals surface area (Å²) in [5, 5.41) is 3.52. The molecule has 0 heterocycles. The third-order valence-electron chi connectivity index (χ3n) is 4.82. The van der Waals surface area contributed by atoms with Crippen molar-refractivity contribution >= 4 is 35.0 Å². The molecule has 2 aromatic rings. The van der Waals surface area contributed by atoms with E-state index in [9.17, 15) is 9.59 Å². The molecular formula is C23H28Cl2N2O3. The van der Waals surface area contributed by atoms with Gasteiger partial charge in [0, 0.05) is 23.6 Å².